The molecule has 28 heavy (non-hydrogen) atoms. The van der Waals surface area contributed by atoms with Gasteiger partial charge < -0.3 is 14.6 Å². The lowest BCUT2D eigenvalue weighted by Gasteiger charge is -2.09. The number of hydrogen-bond donors (Lipinski definition) is 1. The van der Waals surface area contributed by atoms with Crippen LogP contribution in [0.5, 0.6) is 5.75 Å². The topological polar surface area (TPSA) is 69.0 Å². The van der Waals surface area contributed by atoms with Crippen molar-refractivity contribution in [1.29, 1.82) is 0 Å². The zero-order chi connectivity index (χ0) is 20.1. The molecule has 0 fully saturated rings. The van der Waals surface area contributed by atoms with Gasteiger partial charge in [0.1, 0.15) is 12.4 Å². The number of aromatic nitrogens is 3. The first-order chi connectivity index (χ1) is 13.4. The lowest BCUT2D eigenvalue weighted by atomic mass is 10.2. The average molecular weight is 508 g/mol. The number of nitrogens with one attached hydrogen (secondary N) is 1. The van der Waals surface area contributed by atoms with E-state index in [9.17, 15) is 4.79 Å². The Balaban J connectivity index is 1.53. The van der Waals surface area contributed by atoms with Gasteiger partial charge in [-0.05, 0) is 72.3 Å². The Morgan fingerprint density at radius 3 is 2.64 bits per heavy atom. The van der Waals surface area contributed by atoms with E-state index in [-0.39, 0.29) is 11.7 Å². The number of carbonyl (C=O) groups is 1. The number of thioether (sulfide) groups is 1. The first-order valence-electron chi connectivity index (χ1n) is 8.69. The van der Waals surface area contributed by atoms with E-state index in [0.29, 0.717) is 17.6 Å². The molecule has 3 aromatic rings. The van der Waals surface area contributed by atoms with Crippen molar-refractivity contribution in [3.8, 4) is 5.75 Å². The molecule has 146 valence electrons. The summed E-state index contributed by atoms with van der Waals surface area (Å²) >= 11 is 3.60. The van der Waals surface area contributed by atoms with Gasteiger partial charge in [-0.15, -0.1) is 10.2 Å². The summed E-state index contributed by atoms with van der Waals surface area (Å²) in [5.41, 5.74) is 3.05. The molecule has 6 nitrogen and oxygen atoms in total. The van der Waals surface area contributed by atoms with Gasteiger partial charge in [-0.3, -0.25) is 4.79 Å². The highest BCUT2D eigenvalue weighted by Crippen LogP contribution is 2.20. The Hall–Kier alpha value is -2.07. The van der Waals surface area contributed by atoms with Crippen molar-refractivity contribution >= 4 is 45.9 Å². The van der Waals surface area contributed by atoms with Crippen molar-refractivity contribution in [2.45, 2.75) is 25.6 Å². The van der Waals surface area contributed by atoms with E-state index >= 15 is 0 Å². The molecule has 0 radical (unpaired) electrons. The fraction of sp³-hybridized carbons (Fsp3) is 0.250. The predicted molar refractivity (Wildman–Crippen MR) is 120 cm³/mol. The first-order valence-corrected chi connectivity index (χ1v) is 10.8. The Morgan fingerprint density at radius 1 is 1.18 bits per heavy atom. The maximum absolute atomic E-state index is 12.3. The average Bonchev–Trinajstić information content (AvgIpc) is 3.02. The van der Waals surface area contributed by atoms with Gasteiger partial charge in [0.25, 0.3) is 0 Å². The Labute approximate surface area is 182 Å². The zero-order valence-electron chi connectivity index (χ0n) is 15.9. The number of carbonyl (C=O) groups excluding carboxylic acids is 1. The summed E-state index contributed by atoms with van der Waals surface area (Å²) in [7, 11) is 1.87. The van der Waals surface area contributed by atoms with Crippen molar-refractivity contribution in [2.24, 2.45) is 7.05 Å². The second-order valence-electron chi connectivity index (χ2n) is 6.36. The van der Waals surface area contributed by atoms with Crippen molar-refractivity contribution in [3.63, 3.8) is 0 Å². The van der Waals surface area contributed by atoms with Crippen molar-refractivity contribution in [1.82, 2.24) is 14.8 Å². The summed E-state index contributed by atoms with van der Waals surface area (Å²) in [5, 5.41) is 12.0. The minimum Gasteiger partial charge on any atom is -0.486 e. The van der Waals surface area contributed by atoms with E-state index in [2.05, 4.69) is 38.1 Å². The molecule has 1 amide bonds. The van der Waals surface area contributed by atoms with Crippen LogP contribution in [0.3, 0.4) is 0 Å². The number of rotatable bonds is 7. The smallest absolute Gasteiger partial charge is 0.234 e. The van der Waals surface area contributed by atoms with Crippen LogP contribution in [-0.2, 0) is 18.4 Å². The number of hydrogen-bond acceptors (Lipinski definition) is 5. The van der Waals surface area contributed by atoms with E-state index < -0.39 is 0 Å². The zero-order valence-corrected chi connectivity index (χ0v) is 18.9. The molecule has 0 atom stereocenters. The van der Waals surface area contributed by atoms with Crippen molar-refractivity contribution < 1.29 is 9.53 Å². The lowest BCUT2D eigenvalue weighted by Crippen LogP contribution is -2.15. The molecule has 0 spiro atoms. The number of benzene rings is 2. The fourth-order valence-electron chi connectivity index (χ4n) is 2.46. The highest BCUT2D eigenvalue weighted by atomic mass is 127. The third kappa shape index (κ3) is 5.48. The third-order valence-corrected chi connectivity index (χ3v) is 5.80. The summed E-state index contributed by atoms with van der Waals surface area (Å²) in [6.07, 6.45) is 0. The van der Waals surface area contributed by atoms with E-state index in [4.69, 9.17) is 4.74 Å². The highest BCUT2D eigenvalue weighted by molar-refractivity contribution is 14.1. The third-order valence-electron chi connectivity index (χ3n) is 4.11. The SMILES string of the molecule is Cc1ccc(OCc2nnc(SCC(=O)Nc3ccc(I)cc3C)n2C)cc1. The minimum absolute atomic E-state index is 0.0743. The molecule has 1 N–H and O–H groups in total. The van der Waals surface area contributed by atoms with E-state index in [1.807, 2.05) is 67.9 Å². The summed E-state index contributed by atoms with van der Waals surface area (Å²) < 4.78 is 8.75. The number of aryl methyl sites for hydroxylation is 2. The van der Waals surface area contributed by atoms with Gasteiger partial charge in [-0.25, -0.2) is 0 Å². The molecule has 0 saturated carbocycles. The van der Waals surface area contributed by atoms with Gasteiger partial charge in [-0.1, -0.05) is 29.5 Å². The molecule has 0 aliphatic rings. The van der Waals surface area contributed by atoms with Gasteiger partial charge in [-0.2, -0.15) is 0 Å². The number of amides is 1. The quantitative estimate of drug-likeness (QED) is 0.380. The largest absolute Gasteiger partial charge is 0.486 e. The second kappa shape index (κ2) is 9.42. The molecule has 0 saturated heterocycles. The number of anilines is 1. The first kappa shape index (κ1) is 20.7. The van der Waals surface area contributed by atoms with Gasteiger partial charge in [0.15, 0.2) is 11.0 Å². The second-order valence-corrected chi connectivity index (χ2v) is 8.54. The Morgan fingerprint density at radius 2 is 1.93 bits per heavy atom. The monoisotopic (exact) mass is 508 g/mol. The molecule has 3 rings (SSSR count). The highest BCUT2D eigenvalue weighted by Gasteiger charge is 2.13. The number of ether oxygens (including phenoxy) is 1. The van der Waals surface area contributed by atoms with E-state index in [1.165, 1.54) is 17.3 Å². The van der Waals surface area contributed by atoms with Gasteiger partial charge in [0.2, 0.25) is 5.91 Å². The fourth-order valence-corrected chi connectivity index (χ4v) is 3.84. The molecule has 8 heteroatoms. The summed E-state index contributed by atoms with van der Waals surface area (Å²) in [6, 6.07) is 13.8. The van der Waals surface area contributed by atoms with Crippen LogP contribution in [0.1, 0.15) is 17.0 Å². The summed E-state index contributed by atoms with van der Waals surface area (Å²) in [6.45, 7) is 4.33. The molecule has 2 aromatic carbocycles. The standard InChI is InChI=1S/C20H21IN4O2S/c1-13-4-7-16(8-5-13)27-11-18-23-24-20(25(18)3)28-12-19(26)22-17-9-6-15(21)10-14(17)2/h4-10H,11-12H2,1-3H3,(H,22,26). The van der Waals surface area contributed by atoms with Crippen LogP contribution in [0.2, 0.25) is 0 Å². The molecular weight excluding hydrogens is 487 g/mol. The van der Waals surface area contributed by atoms with Gasteiger partial charge in [0, 0.05) is 16.3 Å². The maximum atomic E-state index is 12.3. The van der Waals surface area contributed by atoms with Crippen molar-refractivity contribution in [3.05, 3.63) is 63.0 Å². The Bertz CT molecular complexity index is 973. The minimum atomic E-state index is -0.0743. The molecule has 0 bridgehead atoms. The van der Waals surface area contributed by atoms with E-state index in [1.54, 1.807) is 0 Å². The molecule has 0 aliphatic carbocycles. The van der Waals surface area contributed by atoms with Crippen LogP contribution < -0.4 is 10.1 Å². The molecule has 0 aliphatic heterocycles. The van der Waals surface area contributed by atoms with Gasteiger partial charge in [0.05, 0.1) is 5.75 Å². The Kier molecular flexibility index (Phi) is 6.95. The molecule has 0 unspecified atom stereocenters. The summed E-state index contributed by atoms with van der Waals surface area (Å²) in [4.78, 5) is 12.3. The van der Waals surface area contributed by atoms with Crippen LogP contribution in [0.4, 0.5) is 5.69 Å². The molecular formula is C20H21IN4O2S. The normalized spacial score (nSPS) is 10.7. The number of nitrogens with zero attached hydrogens (tertiary/aromatic N) is 3. The van der Waals surface area contributed by atoms with Crippen molar-refractivity contribution in [2.75, 3.05) is 11.1 Å². The lowest BCUT2D eigenvalue weighted by molar-refractivity contribution is -0.113. The van der Waals surface area contributed by atoms with Gasteiger partial charge >= 0.3 is 0 Å². The predicted octanol–water partition coefficient (Wildman–Crippen LogP) is 4.35. The maximum Gasteiger partial charge on any atom is 0.234 e. The molecule has 1 aromatic heterocycles. The van der Waals surface area contributed by atoms with E-state index in [0.717, 1.165) is 20.6 Å². The van der Waals surface area contributed by atoms with Crippen LogP contribution in [0, 0.1) is 17.4 Å². The van der Waals surface area contributed by atoms with Crippen LogP contribution in [0.25, 0.3) is 0 Å². The summed E-state index contributed by atoms with van der Waals surface area (Å²) in [5.74, 6) is 1.68. The van der Waals surface area contributed by atoms with Crippen LogP contribution in [0.15, 0.2) is 47.6 Å². The van der Waals surface area contributed by atoms with Crippen LogP contribution in [-0.4, -0.2) is 26.4 Å². The van der Waals surface area contributed by atoms with Crippen LogP contribution >= 0.6 is 34.4 Å². The molecule has 1 heterocycles. The number of halogens is 1.